The van der Waals surface area contributed by atoms with Gasteiger partial charge in [-0.15, -0.1) is 0 Å². The van der Waals surface area contributed by atoms with Gasteiger partial charge in [0.05, 0.1) is 17.6 Å². The zero-order chi connectivity index (χ0) is 21.1. The lowest BCUT2D eigenvalue weighted by molar-refractivity contribution is -0.149. The van der Waals surface area contributed by atoms with Crippen molar-refractivity contribution in [3.8, 4) is 0 Å². The minimum Gasteiger partial charge on any atom is -0.462 e. The number of carbonyl (C=O) groups excluding carboxylic acids is 1. The molecule has 0 aliphatic carbocycles. The van der Waals surface area contributed by atoms with Crippen LogP contribution in [-0.4, -0.2) is 72.7 Å². The Morgan fingerprint density at radius 1 is 1.38 bits per heavy atom. The van der Waals surface area contributed by atoms with Gasteiger partial charge >= 0.3 is 5.97 Å². The van der Waals surface area contributed by atoms with Gasteiger partial charge in [-0.2, -0.15) is 11.8 Å². The van der Waals surface area contributed by atoms with Crippen molar-refractivity contribution in [3.63, 3.8) is 0 Å². The first-order chi connectivity index (χ1) is 13.8. The molecule has 10 nitrogen and oxygen atoms in total. The molecule has 0 saturated carbocycles. The van der Waals surface area contributed by atoms with Gasteiger partial charge in [0.2, 0.25) is 0 Å². The Balaban J connectivity index is 1.55. The summed E-state index contributed by atoms with van der Waals surface area (Å²) in [5.74, 6) is 0.949. The first kappa shape index (κ1) is 21.8. The first-order valence-corrected chi connectivity index (χ1v) is 10.6. The minimum absolute atomic E-state index is 0.202. The van der Waals surface area contributed by atoms with Crippen LogP contribution in [0.5, 0.6) is 0 Å². The molecule has 0 aromatic carbocycles. The van der Waals surface area contributed by atoms with E-state index in [-0.39, 0.29) is 6.10 Å². The second-order valence-electron chi connectivity index (χ2n) is 7.22. The van der Waals surface area contributed by atoms with E-state index in [0.717, 1.165) is 0 Å². The highest BCUT2D eigenvalue weighted by atomic mass is 32.2. The van der Waals surface area contributed by atoms with E-state index in [2.05, 4.69) is 9.97 Å². The van der Waals surface area contributed by atoms with Gasteiger partial charge in [0.1, 0.15) is 36.0 Å². The summed E-state index contributed by atoms with van der Waals surface area (Å²) < 4.78 is 12.6. The summed E-state index contributed by atoms with van der Waals surface area (Å²) in [5, 5.41) is 21.5. The van der Waals surface area contributed by atoms with Crippen LogP contribution in [0, 0.1) is 0 Å². The standard InChI is InChI=1S/C18H27N5O5S/c1-9(2)27-18(26)11(19)4-6-29-7-12-13(24)14(25)17(28-12)23-5-3-10-15(20)21-8-22-16(10)23/h3,5,8-9,11-14,17,24-25H,4,6-7,19H2,1-2H3,(H2,20,21,22)/t11-,12+,13+,14+,17+/m0/s1. The number of hydrogen-bond donors (Lipinski definition) is 4. The Morgan fingerprint density at radius 3 is 2.86 bits per heavy atom. The normalized spacial score (nSPS) is 25.6. The highest BCUT2D eigenvalue weighted by Crippen LogP contribution is 2.34. The summed E-state index contributed by atoms with van der Waals surface area (Å²) in [7, 11) is 0. The molecule has 160 valence electrons. The van der Waals surface area contributed by atoms with Crippen LogP contribution in [0.3, 0.4) is 0 Å². The maximum absolute atomic E-state index is 11.7. The third-order valence-electron chi connectivity index (χ3n) is 4.66. The molecule has 3 rings (SSSR count). The van der Waals surface area contributed by atoms with Crippen LogP contribution < -0.4 is 11.5 Å². The summed E-state index contributed by atoms with van der Waals surface area (Å²) in [6.45, 7) is 3.54. The number of nitrogens with zero attached hydrogens (tertiary/aromatic N) is 3. The molecule has 1 aliphatic heterocycles. The Kier molecular flexibility index (Phi) is 6.96. The van der Waals surface area contributed by atoms with E-state index >= 15 is 0 Å². The molecule has 1 aliphatic rings. The first-order valence-electron chi connectivity index (χ1n) is 9.42. The Labute approximate surface area is 172 Å². The van der Waals surface area contributed by atoms with Crippen molar-refractivity contribution in [1.29, 1.82) is 0 Å². The molecule has 0 spiro atoms. The fourth-order valence-corrected chi connectivity index (χ4v) is 4.24. The number of rotatable bonds is 8. The van der Waals surface area contributed by atoms with E-state index in [9.17, 15) is 15.0 Å². The molecular weight excluding hydrogens is 398 g/mol. The van der Waals surface area contributed by atoms with Crippen molar-refractivity contribution < 1.29 is 24.5 Å². The molecule has 1 saturated heterocycles. The van der Waals surface area contributed by atoms with Crippen LogP contribution in [0.25, 0.3) is 11.0 Å². The number of aliphatic hydroxyl groups is 2. The van der Waals surface area contributed by atoms with Gasteiger partial charge in [0.25, 0.3) is 0 Å². The van der Waals surface area contributed by atoms with Crippen LogP contribution in [0.2, 0.25) is 0 Å². The molecule has 0 unspecified atom stereocenters. The highest BCUT2D eigenvalue weighted by Gasteiger charge is 2.43. The molecule has 2 aromatic heterocycles. The molecular formula is C18H27N5O5S. The SMILES string of the molecule is CC(C)OC(=O)[C@@H](N)CCSC[C@H]1O[C@@H](n2ccc3c(N)ncnc32)[C@H](O)[C@@H]1O. The smallest absolute Gasteiger partial charge is 0.323 e. The van der Waals surface area contributed by atoms with Crippen molar-refractivity contribution >= 4 is 34.6 Å². The van der Waals surface area contributed by atoms with Crippen molar-refractivity contribution in [1.82, 2.24) is 14.5 Å². The summed E-state index contributed by atoms with van der Waals surface area (Å²) in [6, 6.07) is 1.06. The van der Waals surface area contributed by atoms with Gasteiger partial charge in [0.15, 0.2) is 6.23 Å². The lowest BCUT2D eigenvalue weighted by atomic mass is 10.1. The molecule has 0 bridgehead atoms. The average Bonchev–Trinajstić information content (AvgIpc) is 3.21. The molecule has 3 heterocycles. The number of ether oxygens (including phenoxy) is 2. The van der Waals surface area contributed by atoms with Crippen LogP contribution >= 0.6 is 11.8 Å². The fourth-order valence-electron chi connectivity index (χ4n) is 3.14. The molecule has 0 amide bonds. The van der Waals surface area contributed by atoms with E-state index in [1.54, 1.807) is 30.7 Å². The molecule has 0 radical (unpaired) electrons. The Hall–Kier alpha value is -1.92. The average molecular weight is 426 g/mol. The van der Waals surface area contributed by atoms with Crippen molar-refractivity contribution in [2.24, 2.45) is 5.73 Å². The number of anilines is 1. The van der Waals surface area contributed by atoms with Crippen LogP contribution in [0.15, 0.2) is 18.6 Å². The second kappa shape index (κ2) is 9.26. The maximum atomic E-state index is 11.7. The van der Waals surface area contributed by atoms with Crippen molar-refractivity contribution in [3.05, 3.63) is 18.6 Å². The van der Waals surface area contributed by atoms with Gasteiger partial charge in [0, 0.05) is 11.9 Å². The second-order valence-corrected chi connectivity index (χ2v) is 8.37. The van der Waals surface area contributed by atoms with Crippen LogP contribution in [0.4, 0.5) is 5.82 Å². The summed E-state index contributed by atoms with van der Waals surface area (Å²) in [4.78, 5) is 19.9. The lowest BCUT2D eigenvalue weighted by Gasteiger charge is -2.17. The Morgan fingerprint density at radius 2 is 2.14 bits per heavy atom. The monoisotopic (exact) mass is 425 g/mol. The number of aromatic nitrogens is 3. The molecule has 1 fully saturated rings. The number of fused-ring (bicyclic) bond motifs is 1. The predicted molar refractivity (Wildman–Crippen MR) is 109 cm³/mol. The number of hydrogen-bond acceptors (Lipinski definition) is 10. The summed E-state index contributed by atoms with van der Waals surface area (Å²) >= 11 is 1.49. The van der Waals surface area contributed by atoms with Crippen LogP contribution in [-0.2, 0) is 14.3 Å². The zero-order valence-corrected chi connectivity index (χ0v) is 17.2. The van der Waals surface area contributed by atoms with E-state index < -0.39 is 36.6 Å². The number of esters is 1. The van der Waals surface area contributed by atoms with Gasteiger partial charge < -0.3 is 35.7 Å². The molecule has 6 N–H and O–H groups in total. The number of nitrogen functional groups attached to an aromatic ring is 1. The molecule has 5 atom stereocenters. The Bertz CT molecular complexity index is 847. The highest BCUT2D eigenvalue weighted by molar-refractivity contribution is 7.99. The quantitative estimate of drug-likeness (QED) is 0.336. The van der Waals surface area contributed by atoms with E-state index in [4.69, 9.17) is 20.9 Å². The fraction of sp³-hybridized carbons (Fsp3) is 0.611. The molecule has 29 heavy (non-hydrogen) atoms. The van der Waals surface area contributed by atoms with E-state index in [1.807, 2.05) is 0 Å². The minimum atomic E-state index is -1.12. The van der Waals surface area contributed by atoms with E-state index in [0.29, 0.717) is 34.8 Å². The van der Waals surface area contributed by atoms with Gasteiger partial charge in [-0.05, 0) is 32.1 Å². The number of thioether (sulfide) groups is 1. The van der Waals surface area contributed by atoms with Gasteiger partial charge in [-0.1, -0.05) is 0 Å². The van der Waals surface area contributed by atoms with Crippen molar-refractivity contribution in [2.75, 3.05) is 17.2 Å². The number of nitrogens with two attached hydrogens (primary N) is 2. The number of aliphatic hydroxyl groups excluding tert-OH is 2. The predicted octanol–water partition coefficient (Wildman–Crippen LogP) is 0.0349. The maximum Gasteiger partial charge on any atom is 0.323 e. The third-order valence-corrected chi connectivity index (χ3v) is 5.75. The number of carbonyl (C=O) groups is 1. The van der Waals surface area contributed by atoms with Gasteiger partial charge in [-0.3, -0.25) is 4.79 Å². The molecule has 11 heteroatoms. The zero-order valence-electron chi connectivity index (χ0n) is 16.3. The third kappa shape index (κ3) is 4.81. The van der Waals surface area contributed by atoms with E-state index in [1.165, 1.54) is 18.1 Å². The largest absolute Gasteiger partial charge is 0.462 e. The lowest BCUT2D eigenvalue weighted by Crippen LogP contribution is -2.35. The topological polar surface area (TPSA) is 159 Å². The molecule has 2 aromatic rings. The van der Waals surface area contributed by atoms with Crippen molar-refractivity contribution in [2.45, 2.75) is 57.0 Å². The summed E-state index contributed by atoms with van der Waals surface area (Å²) in [6.07, 6.45) is -0.242. The summed E-state index contributed by atoms with van der Waals surface area (Å²) in [5.41, 5.74) is 12.2. The van der Waals surface area contributed by atoms with Crippen LogP contribution in [0.1, 0.15) is 26.5 Å². The van der Waals surface area contributed by atoms with Gasteiger partial charge in [-0.25, -0.2) is 9.97 Å².